The molecule has 2 aromatic rings. The number of likely N-dealkylation sites (tertiary alicyclic amines) is 1. The molecule has 0 radical (unpaired) electrons. The van der Waals surface area contributed by atoms with Crippen LogP contribution in [0, 0.1) is 0 Å². The number of ether oxygens (including phenoxy) is 1. The van der Waals surface area contributed by atoms with Gasteiger partial charge >= 0.3 is 6.09 Å². The number of nitrogens with zero attached hydrogens (tertiary/aromatic N) is 1. The number of Topliss-reactive ketones (excluding diaryl/α,β-unsaturated/α-hetero) is 1. The van der Waals surface area contributed by atoms with Gasteiger partial charge in [-0.3, -0.25) is 9.69 Å². The number of amides is 1. The first-order valence-electron chi connectivity index (χ1n) is 9.96. The molecule has 144 valence electrons. The number of benzene rings is 2. The Morgan fingerprint density at radius 1 is 1.07 bits per heavy atom. The molecule has 0 saturated carbocycles. The molecule has 1 atom stereocenters. The topological polar surface area (TPSA) is 46.6 Å². The molecule has 4 rings (SSSR count). The molecule has 1 unspecified atom stereocenters. The van der Waals surface area contributed by atoms with E-state index in [-0.39, 0.29) is 30.4 Å². The summed E-state index contributed by atoms with van der Waals surface area (Å²) in [6, 6.07) is 16.2. The van der Waals surface area contributed by atoms with E-state index >= 15 is 0 Å². The van der Waals surface area contributed by atoms with Crippen molar-refractivity contribution in [3.63, 3.8) is 0 Å². The van der Waals surface area contributed by atoms with Crippen molar-refractivity contribution in [2.24, 2.45) is 0 Å². The van der Waals surface area contributed by atoms with E-state index in [1.54, 1.807) is 11.0 Å². The fourth-order valence-electron chi connectivity index (χ4n) is 4.41. The summed E-state index contributed by atoms with van der Waals surface area (Å²) in [6.07, 6.45) is 4.01. The number of allylic oxidation sites excluding steroid dienone is 1. The molecular weight excluding hydrogens is 350 g/mol. The smallest absolute Gasteiger partial charge is 0.410 e. The van der Waals surface area contributed by atoms with Gasteiger partial charge in [-0.25, -0.2) is 4.79 Å². The standard InChI is InChI=1S/C24H25NO3/c1-2-3-14-23(26)22-13-8-15-25(22)24(27)28-16-21-19-11-6-4-9-17(19)18-10-5-7-12-20(18)21/h2,4-7,9-12,21-22H,1,3,8,13-16H2. The Morgan fingerprint density at radius 3 is 2.36 bits per heavy atom. The molecule has 0 bridgehead atoms. The Kier molecular flexibility index (Phi) is 5.29. The Labute approximate surface area is 165 Å². The average Bonchev–Trinajstić information content (AvgIpc) is 3.34. The minimum Gasteiger partial charge on any atom is -0.448 e. The third kappa shape index (κ3) is 3.35. The Balaban J connectivity index is 1.46. The normalized spacial score (nSPS) is 17.9. The molecule has 0 spiro atoms. The Hall–Kier alpha value is -2.88. The number of fused-ring (bicyclic) bond motifs is 3. The maximum atomic E-state index is 12.7. The van der Waals surface area contributed by atoms with Crippen molar-refractivity contribution in [1.29, 1.82) is 0 Å². The van der Waals surface area contributed by atoms with Gasteiger partial charge in [0.25, 0.3) is 0 Å². The SMILES string of the molecule is C=CCCC(=O)C1CCCN1C(=O)OCC1c2ccccc2-c2ccccc21. The summed E-state index contributed by atoms with van der Waals surface area (Å²) in [5.41, 5.74) is 4.80. The van der Waals surface area contributed by atoms with Crippen LogP contribution < -0.4 is 0 Å². The minimum atomic E-state index is -0.378. The second-order valence-corrected chi connectivity index (χ2v) is 7.45. The molecule has 1 fully saturated rings. The molecule has 2 aliphatic rings. The van der Waals surface area contributed by atoms with Crippen molar-refractivity contribution in [2.45, 2.75) is 37.6 Å². The van der Waals surface area contributed by atoms with E-state index in [0.717, 1.165) is 12.8 Å². The third-order valence-electron chi connectivity index (χ3n) is 5.79. The zero-order chi connectivity index (χ0) is 19.5. The Bertz CT molecular complexity index is 859. The summed E-state index contributed by atoms with van der Waals surface area (Å²) in [5, 5.41) is 0. The highest BCUT2D eigenvalue weighted by Crippen LogP contribution is 2.44. The fourth-order valence-corrected chi connectivity index (χ4v) is 4.41. The minimum absolute atomic E-state index is 0.0360. The number of hydrogen-bond acceptors (Lipinski definition) is 3. The lowest BCUT2D eigenvalue weighted by Crippen LogP contribution is -2.41. The van der Waals surface area contributed by atoms with E-state index in [4.69, 9.17) is 4.74 Å². The van der Waals surface area contributed by atoms with Gasteiger partial charge in [0.2, 0.25) is 0 Å². The second kappa shape index (κ2) is 8.01. The molecule has 1 aliphatic carbocycles. The first-order chi connectivity index (χ1) is 13.7. The van der Waals surface area contributed by atoms with Gasteiger partial charge in [0.05, 0.1) is 6.04 Å². The van der Waals surface area contributed by atoms with Crippen LogP contribution in [-0.2, 0) is 9.53 Å². The van der Waals surface area contributed by atoms with Gasteiger partial charge < -0.3 is 4.74 Å². The van der Waals surface area contributed by atoms with Crippen molar-refractivity contribution in [3.8, 4) is 11.1 Å². The number of carbonyl (C=O) groups is 2. The maximum Gasteiger partial charge on any atom is 0.410 e. The molecule has 1 aliphatic heterocycles. The molecule has 1 heterocycles. The number of ketones is 1. The zero-order valence-electron chi connectivity index (χ0n) is 16.0. The first kappa shape index (κ1) is 18.5. The highest BCUT2D eigenvalue weighted by molar-refractivity contribution is 5.88. The largest absolute Gasteiger partial charge is 0.448 e. The first-order valence-corrected chi connectivity index (χ1v) is 9.96. The molecule has 0 N–H and O–H groups in total. The van der Waals surface area contributed by atoms with Crippen LogP contribution in [0.4, 0.5) is 4.79 Å². The summed E-state index contributed by atoms with van der Waals surface area (Å²) >= 11 is 0. The lowest BCUT2D eigenvalue weighted by molar-refractivity contribution is -0.122. The molecule has 4 nitrogen and oxygen atoms in total. The van der Waals surface area contributed by atoms with E-state index in [1.807, 2.05) is 24.3 Å². The van der Waals surface area contributed by atoms with E-state index in [1.165, 1.54) is 22.3 Å². The predicted molar refractivity (Wildman–Crippen MR) is 109 cm³/mol. The van der Waals surface area contributed by atoms with Gasteiger partial charge in [0.1, 0.15) is 6.61 Å². The Morgan fingerprint density at radius 2 is 1.71 bits per heavy atom. The highest BCUT2D eigenvalue weighted by Gasteiger charge is 2.35. The predicted octanol–water partition coefficient (Wildman–Crippen LogP) is 4.94. The molecule has 28 heavy (non-hydrogen) atoms. The molecule has 2 aromatic carbocycles. The van der Waals surface area contributed by atoms with Crippen molar-refractivity contribution in [1.82, 2.24) is 4.90 Å². The van der Waals surface area contributed by atoms with Crippen LogP contribution in [0.3, 0.4) is 0 Å². The summed E-state index contributed by atoms with van der Waals surface area (Å²) in [4.78, 5) is 26.8. The zero-order valence-corrected chi connectivity index (χ0v) is 16.0. The van der Waals surface area contributed by atoms with E-state index in [9.17, 15) is 9.59 Å². The van der Waals surface area contributed by atoms with Crippen LogP contribution in [-0.4, -0.2) is 36.0 Å². The van der Waals surface area contributed by atoms with Gasteiger partial charge in [-0.1, -0.05) is 54.6 Å². The van der Waals surface area contributed by atoms with Crippen molar-refractivity contribution in [2.75, 3.05) is 13.2 Å². The van der Waals surface area contributed by atoms with Gasteiger partial charge in [0, 0.05) is 18.9 Å². The van der Waals surface area contributed by atoms with Crippen LogP contribution in [0.1, 0.15) is 42.7 Å². The molecule has 1 amide bonds. The lowest BCUT2D eigenvalue weighted by atomic mass is 9.98. The fraction of sp³-hybridized carbons (Fsp3) is 0.333. The van der Waals surface area contributed by atoms with Crippen molar-refractivity contribution in [3.05, 3.63) is 72.3 Å². The summed E-state index contributed by atoms with van der Waals surface area (Å²) < 4.78 is 5.72. The van der Waals surface area contributed by atoms with Crippen molar-refractivity contribution < 1.29 is 14.3 Å². The summed E-state index contributed by atoms with van der Waals surface area (Å²) in [7, 11) is 0. The van der Waals surface area contributed by atoms with Gasteiger partial charge in [-0.15, -0.1) is 6.58 Å². The summed E-state index contributed by atoms with van der Waals surface area (Å²) in [5.74, 6) is 0.139. The van der Waals surface area contributed by atoms with E-state index < -0.39 is 0 Å². The maximum absolute atomic E-state index is 12.7. The molecule has 0 aromatic heterocycles. The van der Waals surface area contributed by atoms with E-state index in [2.05, 4.69) is 30.8 Å². The molecule has 1 saturated heterocycles. The number of carbonyl (C=O) groups excluding carboxylic acids is 2. The van der Waals surface area contributed by atoms with Crippen LogP contribution in [0.2, 0.25) is 0 Å². The highest BCUT2D eigenvalue weighted by atomic mass is 16.6. The van der Waals surface area contributed by atoms with Crippen LogP contribution in [0.15, 0.2) is 61.2 Å². The van der Waals surface area contributed by atoms with E-state index in [0.29, 0.717) is 19.4 Å². The quantitative estimate of drug-likeness (QED) is 0.672. The van der Waals surface area contributed by atoms with Crippen LogP contribution in [0.25, 0.3) is 11.1 Å². The van der Waals surface area contributed by atoms with Gasteiger partial charge in [-0.05, 0) is 41.5 Å². The summed E-state index contributed by atoms with van der Waals surface area (Å²) in [6.45, 7) is 4.54. The van der Waals surface area contributed by atoms with Crippen LogP contribution in [0.5, 0.6) is 0 Å². The van der Waals surface area contributed by atoms with Crippen LogP contribution >= 0.6 is 0 Å². The molecule has 4 heteroatoms. The van der Waals surface area contributed by atoms with Gasteiger partial charge in [-0.2, -0.15) is 0 Å². The molecular formula is C24H25NO3. The average molecular weight is 375 g/mol. The third-order valence-corrected chi connectivity index (χ3v) is 5.79. The lowest BCUT2D eigenvalue weighted by Gasteiger charge is -2.24. The number of hydrogen-bond donors (Lipinski definition) is 0. The monoisotopic (exact) mass is 375 g/mol. The van der Waals surface area contributed by atoms with Crippen molar-refractivity contribution >= 4 is 11.9 Å². The second-order valence-electron chi connectivity index (χ2n) is 7.45. The van der Waals surface area contributed by atoms with Gasteiger partial charge in [0.15, 0.2) is 5.78 Å². The number of rotatable bonds is 6.